The first kappa shape index (κ1) is 17.7. The molecule has 24 heavy (non-hydrogen) atoms. The maximum absolute atomic E-state index is 12.5. The minimum Gasteiger partial charge on any atom is -0.351 e. The predicted molar refractivity (Wildman–Crippen MR) is 84.5 cm³/mol. The van der Waals surface area contributed by atoms with E-state index in [1.807, 2.05) is 6.92 Å². The highest BCUT2D eigenvalue weighted by molar-refractivity contribution is 5.98. The molecule has 1 aromatic carbocycles. The van der Waals surface area contributed by atoms with Gasteiger partial charge < -0.3 is 5.32 Å². The largest absolute Gasteiger partial charge is 0.416 e. The van der Waals surface area contributed by atoms with E-state index in [9.17, 15) is 18.0 Å². The van der Waals surface area contributed by atoms with Crippen LogP contribution >= 0.6 is 0 Å². The zero-order valence-electron chi connectivity index (χ0n) is 13.3. The molecule has 8 heteroatoms. The maximum atomic E-state index is 12.5. The summed E-state index contributed by atoms with van der Waals surface area (Å²) in [6.07, 6.45) is -0.744. The Hall–Kier alpha value is -2.64. The first-order valence-electron chi connectivity index (χ1n) is 7.34. The molecule has 0 aliphatic carbocycles. The van der Waals surface area contributed by atoms with E-state index in [0.29, 0.717) is 23.5 Å². The second kappa shape index (κ2) is 7.29. The van der Waals surface area contributed by atoms with Crippen LogP contribution in [0.2, 0.25) is 0 Å². The summed E-state index contributed by atoms with van der Waals surface area (Å²) in [5.74, 6) is -0.295. The monoisotopic (exact) mass is 338 g/mol. The van der Waals surface area contributed by atoms with E-state index in [0.717, 1.165) is 18.6 Å². The van der Waals surface area contributed by atoms with Crippen LogP contribution in [0.25, 0.3) is 0 Å². The number of aliphatic imine (C=N–C) groups is 1. The van der Waals surface area contributed by atoms with Crippen molar-refractivity contribution >= 4 is 17.8 Å². The van der Waals surface area contributed by atoms with Crippen molar-refractivity contribution in [2.24, 2.45) is 12.0 Å². The van der Waals surface area contributed by atoms with E-state index in [2.05, 4.69) is 15.4 Å². The number of nitrogens with zero attached hydrogens (tertiary/aromatic N) is 3. The van der Waals surface area contributed by atoms with Crippen molar-refractivity contribution in [2.45, 2.75) is 19.5 Å². The smallest absolute Gasteiger partial charge is 0.351 e. The minimum atomic E-state index is -4.37. The van der Waals surface area contributed by atoms with Crippen molar-refractivity contribution in [3.63, 3.8) is 0 Å². The van der Waals surface area contributed by atoms with Crippen LogP contribution in [-0.2, 0) is 13.2 Å². The van der Waals surface area contributed by atoms with Crippen LogP contribution in [-0.4, -0.2) is 28.4 Å². The molecule has 0 radical (unpaired) electrons. The van der Waals surface area contributed by atoms with E-state index in [1.165, 1.54) is 29.2 Å². The van der Waals surface area contributed by atoms with Crippen molar-refractivity contribution in [3.05, 3.63) is 47.3 Å². The van der Waals surface area contributed by atoms with Crippen LogP contribution in [0.1, 0.15) is 35.0 Å². The fourth-order valence-corrected chi connectivity index (χ4v) is 2.01. The number of halogens is 3. The molecule has 0 saturated carbocycles. The highest BCUT2D eigenvalue weighted by atomic mass is 19.4. The third-order valence-electron chi connectivity index (χ3n) is 3.26. The number of hydrogen-bond donors (Lipinski definition) is 1. The molecule has 0 aliphatic heterocycles. The van der Waals surface area contributed by atoms with E-state index in [-0.39, 0.29) is 5.91 Å². The summed E-state index contributed by atoms with van der Waals surface area (Å²) in [6.45, 7) is 2.47. The zero-order valence-corrected chi connectivity index (χ0v) is 13.3. The average molecular weight is 338 g/mol. The van der Waals surface area contributed by atoms with Crippen LogP contribution < -0.4 is 5.32 Å². The number of benzene rings is 1. The summed E-state index contributed by atoms with van der Waals surface area (Å²) in [4.78, 5) is 16.3. The Labute approximate surface area is 137 Å². The molecule has 1 N–H and O–H groups in total. The van der Waals surface area contributed by atoms with Gasteiger partial charge in [0.1, 0.15) is 5.69 Å². The van der Waals surface area contributed by atoms with Crippen LogP contribution in [0.3, 0.4) is 0 Å². The summed E-state index contributed by atoms with van der Waals surface area (Å²) in [5, 5.41) is 6.74. The lowest BCUT2D eigenvalue weighted by Crippen LogP contribution is -2.26. The average Bonchev–Trinajstić information content (AvgIpc) is 2.91. The first-order chi connectivity index (χ1) is 11.3. The van der Waals surface area contributed by atoms with Gasteiger partial charge in [0, 0.05) is 19.8 Å². The fraction of sp³-hybridized carbons (Fsp3) is 0.312. The molecule has 128 valence electrons. The Morgan fingerprint density at radius 1 is 1.33 bits per heavy atom. The lowest BCUT2D eigenvalue weighted by molar-refractivity contribution is -0.137. The Bertz CT molecular complexity index is 733. The second-order valence-corrected chi connectivity index (χ2v) is 5.14. The number of carbonyl (C=O) groups is 1. The quantitative estimate of drug-likeness (QED) is 0.850. The van der Waals surface area contributed by atoms with Gasteiger partial charge in [-0.15, -0.1) is 0 Å². The topological polar surface area (TPSA) is 59.3 Å². The minimum absolute atomic E-state index is 0.295. The predicted octanol–water partition coefficient (Wildman–Crippen LogP) is 3.33. The number of nitrogens with one attached hydrogen (secondary N) is 1. The molecular formula is C16H17F3N4O. The molecule has 5 nitrogen and oxygen atoms in total. The lowest BCUT2D eigenvalue weighted by Gasteiger charge is -2.06. The standard InChI is InChI=1S/C16H17F3N4O/c1-3-8-20-15(24)14-13(10-22-23(14)2)21-9-11-4-6-12(7-5-11)16(17,18)19/h4-7,9-10H,3,8H2,1-2H3,(H,20,24). The van der Waals surface area contributed by atoms with Gasteiger partial charge in [0.25, 0.3) is 5.91 Å². The molecule has 2 aromatic rings. The van der Waals surface area contributed by atoms with Gasteiger partial charge in [-0.2, -0.15) is 18.3 Å². The van der Waals surface area contributed by atoms with Crippen molar-refractivity contribution in [2.75, 3.05) is 6.54 Å². The fourth-order valence-electron chi connectivity index (χ4n) is 2.01. The molecular weight excluding hydrogens is 321 g/mol. The van der Waals surface area contributed by atoms with Crippen molar-refractivity contribution in [1.29, 1.82) is 0 Å². The maximum Gasteiger partial charge on any atom is 0.416 e. The van der Waals surface area contributed by atoms with Gasteiger partial charge in [0.05, 0.1) is 11.8 Å². The van der Waals surface area contributed by atoms with Gasteiger partial charge >= 0.3 is 6.18 Å². The summed E-state index contributed by atoms with van der Waals surface area (Å²) in [7, 11) is 1.62. The SMILES string of the molecule is CCCNC(=O)c1c(N=Cc2ccc(C(F)(F)F)cc2)cnn1C. The summed E-state index contributed by atoms with van der Waals surface area (Å²) >= 11 is 0. The highest BCUT2D eigenvalue weighted by Crippen LogP contribution is 2.29. The molecule has 0 fully saturated rings. The molecule has 0 unspecified atom stereocenters. The third-order valence-corrected chi connectivity index (χ3v) is 3.26. The van der Waals surface area contributed by atoms with Crippen LogP contribution in [0.5, 0.6) is 0 Å². The third kappa shape index (κ3) is 4.21. The van der Waals surface area contributed by atoms with Gasteiger partial charge in [-0.05, 0) is 24.1 Å². The van der Waals surface area contributed by atoms with Crippen LogP contribution in [0.4, 0.5) is 18.9 Å². The summed E-state index contributed by atoms with van der Waals surface area (Å²) in [6, 6.07) is 4.61. The Balaban J connectivity index is 2.19. The van der Waals surface area contributed by atoms with Crippen molar-refractivity contribution in [1.82, 2.24) is 15.1 Å². The number of carbonyl (C=O) groups excluding carboxylic acids is 1. The number of rotatable bonds is 5. The van der Waals surface area contributed by atoms with E-state index >= 15 is 0 Å². The number of amides is 1. The van der Waals surface area contributed by atoms with Crippen molar-refractivity contribution in [3.8, 4) is 0 Å². The highest BCUT2D eigenvalue weighted by Gasteiger charge is 2.29. The molecule has 2 rings (SSSR count). The summed E-state index contributed by atoms with van der Waals surface area (Å²) < 4.78 is 39.0. The van der Waals surface area contributed by atoms with Gasteiger partial charge in [-0.25, -0.2) is 0 Å². The molecule has 0 spiro atoms. The Kier molecular flexibility index (Phi) is 5.38. The summed E-state index contributed by atoms with van der Waals surface area (Å²) in [5.41, 5.74) is 0.421. The van der Waals surface area contributed by atoms with Crippen LogP contribution in [0.15, 0.2) is 35.5 Å². The van der Waals surface area contributed by atoms with E-state index < -0.39 is 11.7 Å². The molecule has 0 atom stereocenters. The first-order valence-corrected chi connectivity index (χ1v) is 7.34. The number of alkyl halides is 3. The normalized spacial score (nSPS) is 11.9. The van der Waals surface area contributed by atoms with Gasteiger partial charge in [-0.1, -0.05) is 19.1 Å². The second-order valence-electron chi connectivity index (χ2n) is 5.14. The molecule has 0 saturated heterocycles. The lowest BCUT2D eigenvalue weighted by atomic mass is 10.1. The molecule has 0 aliphatic rings. The van der Waals surface area contributed by atoms with Gasteiger partial charge in [-0.3, -0.25) is 14.5 Å². The Morgan fingerprint density at radius 2 is 2.00 bits per heavy atom. The molecule has 0 bridgehead atoms. The number of aryl methyl sites for hydroxylation is 1. The number of hydrogen-bond acceptors (Lipinski definition) is 3. The Morgan fingerprint density at radius 3 is 2.58 bits per heavy atom. The molecule has 1 heterocycles. The molecule has 1 aromatic heterocycles. The zero-order chi connectivity index (χ0) is 17.7. The van der Waals surface area contributed by atoms with Crippen LogP contribution in [0, 0.1) is 0 Å². The number of aromatic nitrogens is 2. The van der Waals surface area contributed by atoms with Gasteiger partial charge in [0.15, 0.2) is 5.69 Å². The van der Waals surface area contributed by atoms with E-state index in [4.69, 9.17) is 0 Å². The molecule has 1 amide bonds. The van der Waals surface area contributed by atoms with Crippen molar-refractivity contribution < 1.29 is 18.0 Å². The van der Waals surface area contributed by atoms with E-state index in [1.54, 1.807) is 7.05 Å². The van der Waals surface area contributed by atoms with Gasteiger partial charge in [0.2, 0.25) is 0 Å².